The van der Waals surface area contributed by atoms with Crippen LogP contribution >= 0.6 is 11.3 Å². The molecule has 1 aliphatic heterocycles. The Morgan fingerprint density at radius 3 is 3.17 bits per heavy atom. The first-order valence-electron chi connectivity index (χ1n) is 6.77. The van der Waals surface area contributed by atoms with Crippen molar-refractivity contribution >= 4 is 16.5 Å². The number of hydrogen-bond donors (Lipinski definition) is 1. The number of nitrogens with zero attached hydrogens (tertiary/aromatic N) is 2. The Balaban J connectivity index is 1.52. The van der Waals surface area contributed by atoms with Gasteiger partial charge in [-0.05, 0) is 19.3 Å². The van der Waals surface area contributed by atoms with Gasteiger partial charge in [0.15, 0.2) is 5.13 Å². The van der Waals surface area contributed by atoms with E-state index in [1.54, 1.807) is 18.4 Å². The Morgan fingerprint density at radius 2 is 2.39 bits per heavy atom. The molecule has 4 nitrogen and oxygen atoms in total. The molecule has 5 heteroatoms. The minimum atomic E-state index is 0.673. The molecular weight excluding hydrogens is 246 g/mol. The molecule has 2 fully saturated rings. The Hall–Kier alpha value is -0.650. The van der Waals surface area contributed by atoms with E-state index >= 15 is 0 Å². The SMILES string of the molecule is COCC1CCN(c2nc(CNC3CC3)cs2)C1. The number of anilines is 1. The van der Waals surface area contributed by atoms with Crippen molar-refractivity contribution in [2.24, 2.45) is 5.92 Å². The third-order valence-corrected chi connectivity index (χ3v) is 4.60. The summed E-state index contributed by atoms with van der Waals surface area (Å²) in [6.07, 6.45) is 3.90. The second kappa shape index (κ2) is 5.55. The molecule has 0 amide bonds. The van der Waals surface area contributed by atoms with Crippen molar-refractivity contribution in [3.8, 4) is 0 Å². The molecule has 0 bridgehead atoms. The van der Waals surface area contributed by atoms with Gasteiger partial charge in [0, 0.05) is 44.1 Å². The van der Waals surface area contributed by atoms with Crippen molar-refractivity contribution < 1.29 is 4.74 Å². The van der Waals surface area contributed by atoms with Crippen LogP contribution in [0.25, 0.3) is 0 Å². The Morgan fingerprint density at radius 1 is 1.50 bits per heavy atom. The van der Waals surface area contributed by atoms with Gasteiger partial charge in [0.1, 0.15) is 0 Å². The van der Waals surface area contributed by atoms with Gasteiger partial charge in [0.05, 0.1) is 12.3 Å². The molecule has 3 rings (SSSR count). The third-order valence-electron chi connectivity index (χ3n) is 3.65. The van der Waals surface area contributed by atoms with E-state index in [4.69, 9.17) is 9.72 Å². The predicted octanol–water partition coefficient (Wildman–Crippen LogP) is 1.87. The van der Waals surface area contributed by atoms with E-state index in [9.17, 15) is 0 Å². The summed E-state index contributed by atoms with van der Waals surface area (Å²) in [6.45, 7) is 4.02. The monoisotopic (exact) mass is 267 g/mol. The van der Waals surface area contributed by atoms with E-state index in [0.29, 0.717) is 5.92 Å². The molecule has 1 N–H and O–H groups in total. The highest BCUT2D eigenvalue weighted by Gasteiger charge is 2.25. The molecular formula is C13H21N3OS. The lowest BCUT2D eigenvalue weighted by atomic mass is 10.1. The summed E-state index contributed by atoms with van der Waals surface area (Å²) in [4.78, 5) is 7.13. The van der Waals surface area contributed by atoms with Crippen LogP contribution in [0.3, 0.4) is 0 Å². The minimum absolute atomic E-state index is 0.673. The molecule has 0 radical (unpaired) electrons. The van der Waals surface area contributed by atoms with Crippen LogP contribution in [-0.4, -0.2) is 37.8 Å². The average molecular weight is 267 g/mol. The zero-order chi connectivity index (χ0) is 12.4. The fraction of sp³-hybridized carbons (Fsp3) is 0.769. The van der Waals surface area contributed by atoms with E-state index < -0.39 is 0 Å². The summed E-state index contributed by atoms with van der Waals surface area (Å²) in [7, 11) is 1.79. The van der Waals surface area contributed by atoms with Crippen LogP contribution in [-0.2, 0) is 11.3 Å². The molecule has 1 unspecified atom stereocenters. The summed E-state index contributed by atoms with van der Waals surface area (Å²) in [5, 5.41) is 6.88. The van der Waals surface area contributed by atoms with Crippen molar-refractivity contribution in [1.82, 2.24) is 10.3 Å². The molecule has 2 heterocycles. The van der Waals surface area contributed by atoms with Crippen LogP contribution in [0, 0.1) is 5.92 Å². The van der Waals surface area contributed by atoms with E-state index in [1.165, 1.54) is 30.1 Å². The number of rotatable bonds is 6. The zero-order valence-electron chi connectivity index (χ0n) is 10.9. The Kier molecular flexibility index (Phi) is 3.82. The second-order valence-corrected chi connectivity index (χ2v) is 6.17. The lowest BCUT2D eigenvalue weighted by molar-refractivity contribution is 0.161. The van der Waals surface area contributed by atoms with Crippen molar-refractivity contribution in [3.63, 3.8) is 0 Å². The van der Waals surface area contributed by atoms with Crippen molar-refractivity contribution in [3.05, 3.63) is 11.1 Å². The van der Waals surface area contributed by atoms with E-state index in [2.05, 4.69) is 15.6 Å². The van der Waals surface area contributed by atoms with Gasteiger partial charge in [-0.3, -0.25) is 0 Å². The van der Waals surface area contributed by atoms with Crippen molar-refractivity contribution in [1.29, 1.82) is 0 Å². The predicted molar refractivity (Wildman–Crippen MR) is 74.2 cm³/mol. The van der Waals surface area contributed by atoms with Gasteiger partial charge in [0.2, 0.25) is 0 Å². The Labute approximate surface area is 112 Å². The van der Waals surface area contributed by atoms with E-state index in [0.717, 1.165) is 32.3 Å². The molecule has 0 spiro atoms. The summed E-state index contributed by atoms with van der Waals surface area (Å²) < 4.78 is 5.23. The maximum atomic E-state index is 5.23. The van der Waals surface area contributed by atoms with Crippen LogP contribution in [0.15, 0.2) is 5.38 Å². The van der Waals surface area contributed by atoms with Gasteiger partial charge in [0.25, 0.3) is 0 Å². The lowest BCUT2D eigenvalue weighted by Crippen LogP contribution is -2.21. The number of methoxy groups -OCH3 is 1. The summed E-state index contributed by atoms with van der Waals surface area (Å²) in [5.41, 5.74) is 1.19. The first kappa shape index (κ1) is 12.4. The number of nitrogens with one attached hydrogen (secondary N) is 1. The molecule has 1 aliphatic carbocycles. The van der Waals surface area contributed by atoms with E-state index in [1.807, 2.05) is 0 Å². The first-order valence-corrected chi connectivity index (χ1v) is 7.65. The fourth-order valence-electron chi connectivity index (χ4n) is 2.44. The van der Waals surface area contributed by atoms with Gasteiger partial charge in [-0.1, -0.05) is 0 Å². The standard InChI is InChI=1S/C13H21N3OS/c1-17-8-10-4-5-16(7-10)13-15-12(9-18-13)6-14-11-2-3-11/h9-11,14H,2-8H2,1H3. The van der Waals surface area contributed by atoms with Gasteiger partial charge in [-0.2, -0.15) is 0 Å². The molecule has 0 aromatic carbocycles. The quantitative estimate of drug-likeness (QED) is 0.854. The highest BCUT2D eigenvalue weighted by atomic mass is 32.1. The summed E-state index contributed by atoms with van der Waals surface area (Å²) >= 11 is 1.77. The molecule has 2 aliphatic rings. The zero-order valence-corrected chi connectivity index (χ0v) is 11.7. The molecule has 1 saturated carbocycles. The molecule has 18 heavy (non-hydrogen) atoms. The highest BCUT2D eigenvalue weighted by Crippen LogP contribution is 2.27. The number of aromatic nitrogens is 1. The van der Waals surface area contributed by atoms with Crippen molar-refractivity contribution in [2.45, 2.75) is 31.8 Å². The number of ether oxygens (including phenoxy) is 1. The molecule has 1 atom stereocenters. The van der Waals surface area contributed by atoms with E-state index in [-0.39, 0.29) is 0 Å². The molecule has 1 aromatic rings. The van der Waals surface area contributed by atoms with Gasteiger partial charge >= 0.3 is 0 Å². The first-order chi connectivity index (χ1) is 8.85. The molecule has 100 valence electrons. The van der Waals surface area contributed by atoms with Crippen molar-refractivity contribution in [2.75, 3.05) is 31.7 Å². The normalized spacial score (nSPS) is 23.8. The Bertz CT molecular complexity index is 391. The third kappa shape index (κ3) is 3.02. The van der Waals surface area contributed by atoms with Crippen LogP contribution in [0.5, 0.6) is 0 Å². The van der Waals surface area contributed by atoms with Crippen LogP contribution in [0.2, 0.25) is 0 Å². The smallest absolute Gasteiger partial charge is 0.185 e. The fourth-order valence-corrected chi connectivity index (χ4v) is 3.30. The highest BCUT2D eigenvalue weighted by molar-refractivity contribution is 7.13. The van der Waals surface area contributed by atoms with Crippen LogP contribution in [0.1, 0.15) is 25.0 Å². The van der Waals surface area contributed by atoms with Crippen LogP contribution < -0.4 is 10.2 Å². The lowest BCUT2D eigenvalue weighted by Gasteiger charge is -2.14. The topological polar surface area (TPSA) is 37.4 Å². The largest absolute Gasteiger partial charge is 0.384 e. The summed E-state index contributed by atoms with van der Waals surface area (Å²) in [5.74, 6) is 0.673. The maximum absolute atomic E-state index is 5.23. The molecule has 1 saturated heterocycles. The summed E-state index contributed by atoms with van der Waals surface area (Å²) in [6, 6.07) is 0.757. The number of hydrogen-bond acceptors (Lipinski definition) is 5. The molecule has 1 aromatic heterocycles. The van der Waals surface area contributed by atoms with Gasteiger partial charge < -0.3 is 15.0 Å². The van der Waals surface area contributed by atoms with Crippen LogP contribution in [0.4, 0.5) is 5.13 Å². The minimum Gasteiger partial charge on any atom is -0.384 e. The van der Waals surface area contributed by atoms with Gasteiger partial charge in [-0.15, -0.1) is 11.3 Å². The van der Waals surface area contributed by atoms with Gasteiger partial charge in [-0.25, -0.2) is 4.98 Å². The second-order valence-electron chi connectivity index (χ2n) is 5.33. The number of thiazole rings is 1. The average Bonchev–Trinajstić information content (AvgIpc) is 2.90. The maximum Gasteiger partial charge on any atom is 0.185 e.